The molecule has 1 aromatic carbocycles. The largest absolute Gasteiger partial charge is 0.348 e. The van der Waals surface area contributed by atoms with Crippen molar-refractivity contribution < 1.29 is 4.39 Å². The fourth-order valence-electron chi connectivity index (χ4n) is 1.70. The summed E-state index contributed by atoms with van der Waals surface area (Å²) in [4.78, 5) is 18.0. The van der Waals surface area contributed by atoms with Gasteiger partial charge >= 0.3 is 5.69 Å². The van der Waals surface area contributed by atoms with Gasteiger partial charge in [0.05, 0.1) is 5.69 Å². The van der Waals surface area contributed by atoms with Crippen LogP contribution in [0.25, 0.3) is 16.9 Å². The van der Waals surface area contributed by atoms with Crippen molar-refractivity contribution in [1.29, 1.82) is 0 Å². The Labute approximate surface area is 105 Å². The number of hydrogen-bond donors (Lipinski definition) is 2. The molecule has 0 amide bonds. The Hall–Kier alpha value is -2.28. The van der Waals surface area contributed by atoms with Gasteiger partial charge in [0, 0.05) is 6.07 Å². The maximum absolute atomic E-state index is 12.8. The van der Waals surface area contributed by atoms with Crippen LogP contribution in [0.2, 0.25) is 0 Å². The van der Waals surface area contributed by atoms with Gasteiger partial charge in [0.15, 0.2) is 5.65 Å². The first-order valence-corrected chi connectivity index (χ1v) is 5.52. The third-order valence-electron chi connectivity index (χ3n) is 2.52. The first-order valence-electron chi connectivity index (χ1n) is 5.11. The highest BCUT2D eigenvalue weighted by atomic mass is 32.1. The lowest BCUT2D eigenvalue weighted by Gasteiger charge is -1.96. The summed E-state index contributed by atoms with van der Waals surface area (Å²) in [7, 11) is 0. The van der Waals surface area contributed by atoms with E-state index in [0.717, 1.165) is 5.56 Å². The highest BCUT2D eigenvalue weighted by Crippen LogP contribution is 2.18. The molecule has 0 radical (unpaired) electrons. The number of aromatic nitrogens is 4. The van der Waals surface area contributed by atoms with Crippen molar-refractivity contribution in [3.63, 3.8) is 0 Å². The summed E-state index contributed by atoms with van der Waals surface area (Å²) in [6, 6.07) is 7.61. The van der Waals surface area contributed by atoms with Gasteiger partial charge < -0.3 is 0 Å². The van der Waals surface area contributed by atoms with E-state index in [4.69, 9.17) is 12.2 Å². The SMILES string of the molecule is O=c1[nH]c(=S)nc2cc(-c3ccc(F)cc3)[nH]n12. The normalized spacial score (nSPS) is 10.9. The number of nitrogens with one attached hydrogen (secondary N) is 2. The maximum atomic E-state index is 12.8. The van der Waals surface area contributed by atoms with E-state index in [1.807, 2.05) is 0 Å². The highest BCUT2D eigenvalue weighted by Gasteiger charge is 2.06. The molecule has 0 aliphatic carbocycles. The standard InChI is InChI=1S/C11H7FN4OS/c12-7-3-1-6(2-4-7)8-5-9-13-10(18)14-11(17)16(9)15-8/h1-5,15H,(H,14,17,18). The van der Waals surface area contributed by atoms with Gasteiger partial charge in [-0.2, -0.15) is 4.52 Å². The lowest BCUT2D eigenvalue weighted by molar-refractivity contribution is 0.628. The Kier molecular flexibility index (Phi) is 2.34. The van der Waals surface area contributed by atoms with Gasteiger partial charge in [-0.3, -0.25) is 10.1 Å². The maximum Gasteiger partial charge on any atom is 0.348 e. The first kappa shape index (κ1) is 10.8. The van der Waals surface area contributed by atoms with Gasteiger partial charge in [0.2, 0.25) is 4.77 Å². The quantitative estimate of drug-likeness (QED) is 0.658. The molecule has 2 aromatic heterocycles. The molecule has 0 unspecified atom stereocenters. The number of rotatable bonds is 1. The Bertz CT molecular complexity index is 831. The second-order valence-corrected chi connectivity index (χ2v) is 4.10. The van der Waals surface area contributed by atoms with E-state index in [-0.39, 0.29) is 10.6 Å². The van der Waals surface area contributed by atoms with Crippen LogP contribution in [-0.4, -0.2) is 19.6 Å². The summed E-state index contributed by atoms with van der Waals surface area (Å²) < 4.78 is 14.2. The van der Waals surface area contributed by atoms with Gasteiger partial charge in [-0.25, -0.2) is 14.2 Å². The van der Waals surface area contributed by atoms with E-state index in [9.17, 15) is 9.18 Å². The van der Waals surface area contributed by atoms with E-state index in [2.05, 4.69) is 15.1 Å². The molecular formula is C11H7FN4OS. The van der Waals surface area contributed by atoms with Crippen LogP contribution in [0.4, 0.5) is 4.39 Å². The third kappa shape index (κ3) is 1.74. The predicted octanol–water partition coefficient (Wildman–Crippen LogP) is 1.89. The van der Waals surface area contributed by atoms with Gasteiger partial charge in [-0.15, -0.1) is 0 Å². The van der Waals surface area contributed by atoms with Crippen molar-refractivity contribution in [2.45, 2.75) is 0 Å². The summed E-state index contributed by atoms with van der Waals surface area (Å²) in [6.45, 7) is 0. The minimum atomic E-state index is -0.390. The van der Waals surface area contributed by atoms with Crippen LogP contribution in [0.3, 0.4) is 0 Å². The molecule has 3 rings (SSSR count). The molecule has 0 bridgehead atoms. The summed E-state index contributed by atoms with van der Waals surface area (Å²) in [5.41, 5.74) is 1.45. The summed E-state index contributed by atoms with van der Waals surface area (Å²) >= 11 is 4.83. The van der Waals surface area contributed by atoms with Gasteiger partial charge in [-0.1, -0.05) is 0 Å². The van der Waals surface area contributed by atoms with E-state index in [1.165, 1.54) is 16.6 Å². The van der Waals surface area contributed by atoms with Crippen molar-refractivity contribution in [3.05, 3.63) is 51.4 Å². The Balaban J connectivity index is 2.25. The molecule has 90 valence electrons. The number of nitrogens with zero attached hydrogens (tertiary/aromatic N) is 2. The van der Waals surface area contributed by atoms with Gasteiger partial charge in [-0.05, 0) is 42.0 Å². The van der Waals surface area contributed by atoms with Gasteiger partial charge in [0.1, 0.15) is 5.82 Å². The van der Waals surface area contributed by atoms with Crippen LogP contribution < -0.4 is 5.69 Å². The number of benzene rings is 1. The van der Waals surface area contributed by atoms with Crippen molar-refractivity contribution in [3.8, 4) is 11.3 Å². The minimum Gasteiger partial charge on any atom is -0.288 e. The van der Waals surface area contributed by atoms with Crippen molar-refractivity contribution in [2.75, 3.05) is 0 Å². The van der Waals surface area contributed by atoms with Crippen molar-refractivity contribution in [2.24, 2.45) is 0 Å². The molecule has 0 atom stereocenters. The molecule has 2 heterocycles. The van der Waals surface area contributed by atoms with Crippen LogP contribution >= 0.6 is 12.2 Å². The van der Waals surface area contributed by atoms with Crippen molar-refractivity contribution >= 4 is 17.9 Å². The number of hydrogen-bond acceptors (Lipinski definition) is 3. The van der Waals surface area contributed by atoms with Crippen LogP contribution in [0.15, 0.2) is 35.1 Å². The highest BCUT2D eigenvalue weighted by molar-refractivity contribution is 7.71. The molecule has 0 saturated heterocycles. The Morgan fingerprint density at radius 2 is 2.00 bits per heavy atom. The molecule has 5 nitrogen and oxygen atoms in total. The molecule has 0 aliphatic heterocycles. The Morgan fingerprint density at radius 1 is 1.28 bits per heavy atom. The molecular weight excluding hydrogens is 255 g/mol. The zero-order valence-corrected chi connectivity index (χ0v) is 9.79. The second kappa shape index (κ2) is 3.88. The molecule has 2 N–H and O–H groups in total. The number of aromatic amines is 2. The number of H-pyrrole nitrogens is 2. The lowest BCUT2D eigenvalue weighted by atomic mass is 10.1. The summed E-state index contributed by atoms with van der Waals surface area (Å²) in [5, 5.41) is 2.87. The molecule has 0 saturated carbocycles. The minimum absolute atomic E-state index is 0.129. The van der Waals surface area contributed by atoms with Crippen LogP contribution in [-0.2, 0) is 0 Å². The molecule has 7 heteroatoms. The lowest BCUT2D eigenvalue weighted by Crippen LogP contribution is -2.18. The predicted molar refractivity (Wildman–Crippen MR) is 66.4 cm³/mol. The third-order valence-corrected chi connectivity index (χ3v) is 2.72. The van der Waals surface area contributed by atoms with E-state index < -0.39 is 5.69 Å². The van der Waals surface area contributed by atoms with Crippen LogP contribution in [0.1, 0.15) is 0 Å². The fraction of sp³-hybridized carbons (Fsp3) is 0. The summed E-state index contributed by atoms with van der Waals surface area (Å²) in [5.74, 6) is -0.314. The molecule has 0 spiro atoms. The molecule has 3 aromatic rings. The average molecular weight is 262 g/mol. The zero-order chi connectivity index (χ0) is 12.7. The molecule has 18 heavy (non-hydrogen) atoms. The first-order chi connectivity index (χ1) is 8.63. The van der Waals surface area contributed by atoms with E-state index in [0.29, 0.717) is 11.3 Å². The van der Waals surface area contributed by atoms with Crippen molar-refractivity contribution in [1.82, 2.24) is 19.6 Å². The molecule has 0 fully saturated rings. The smallest absolute Gasteiger partial charge is 0.288 e. The second-order valence-electron chi connectivity index (χ2n) is 3.72. The van der Waals surface area contributed by atoms with E-state index >= 15 is 0 Å². The average Bonchev–Trinajstić information content (AvgIpc) is 2.74. The Morgan fingerprint density at radius 3 is 2.72 bits per heavy atom. The monoisotopic (exact) mass is 262 g/mol. The number of fused-ring (bicyclic) bond motifs is 1. The number of halogens is 1. The van der Waals surface area contributed by atoms with Crippen LogP contribution in [0, 0.1) is 10.6 Å². The van der Waals surface area contributed by atoms with Gasteiger partial charge in [0.25, 0.3) is 0 Å². The van der Waals surface area contributed by atoms with Crippen LogP contribution in [0.5, 0.6) is 0 Å². The zero-order valence-electron chi connectivity index (χ0n) is 8.98. The summed E-state index contributed by atoms with van der Waals surface area (Å²) in [6.07, 6.45) is 0. The van der Waals surface area contributed by atoms with E-state index in [1.54, 1.807) is 18.2 Å². The topological polar surface area (TPSA) is 66.0 Å². The molecule has 0 aliphatic rings. The fourth-order valence-corrected chi connectivity index (χ4v) is 1.88.